The second kappa shape index (κ2) is 34.4. The van der Waals surface area contributed by atoms with Crippen molar-refractivity contribution in [1.82, 2.24) is 0 Å². The maximum atomic E-state index is 13.0. The first-order chi connectivity index (χ1) is 21.5. The van der Waals surface area contributed by atoms with E-state index in [4.69, 9.17) is 9.84 Å². The number of carbonyl (C=O) groups excluding carboxylic acids is 2. The Morgan fingerprint density at radius 2 is 1.07 bits per heavy atom. The summed E-state index contributed by atoms with van der Waals surface area (Å²) in [5.41, 5.74) is 0. The fraction of sp³-hybridized carbons (Fsp3) is 0.846. The Kier molecular flexibility index (Phi) is 33.3. The van der Waals surface area contributed by atoms with Crippen LogP contribution >= 0.6 is 0 Å². The zero-order chi connectivity index (χ0) is 32.4. The molecule has 0 rings (SSSR count). The van der Waals surface area contributed by atoms with Gasteiger partial charge >= 0.3 is 5.97 Å². The van der Waals surface area contributed by atoms with Gasteiger partial charge in [-0.3, -0.25) is 9.59 Å². The maximum Gasteiger partial charge on any atom is 0.306 e. The molecule has 0 aliphatic rings. The van der Waals surface area contributed by atoms with Gasteiger partial charge in [0.1, 0.15) is 18.5 Å². The quantitative estimate of drug-likeness (QED) is 0.0425. The van der Waals surface area contributed by atoms with E-state index < -0.39 is 18.7 Å². The van der Waals surface area contributed by atoms with Crippen LogP contribution in [-0.2, 0) is 14.3 Å². The summed E-state index contributed by atoms with van der Waals surface area (Å²) in [6, 6.07) is 0. The van der Waals surface area contributed by atoms with Gasteiger partial charge in [0.05, 0.1) is 13.0 Å². The Morgan fingerprint density at radius 3 is 1.59 bits per heavy atom. The summed E-state index contributed by atoms with van der Waals surface area (Å²) in [5, 5.41) is 18.4. The van der Waals surface area contributed by atoms with Crippen LogP contribution in [0.3, 0.4) is 0 Å². The van der Waals surface area contributed by atoms with Crippen molar-refractivity contribution in [1.29, 1.82) is 0 Å². The second-order valence-corrected chi connectivity index (χ2v) is 12.9. The fourth-order valence-electron chi connectivity index (χ4n) is 5.60. The third-order valence-corrected chi connectivity index (χ3v) is 8.55. The number of Topliss-reactive ketones (excluding diaryl/α,β-unsaturated/α-hetero) is 1. The molecule has 258 valence electrons. The van der Waals surface area contributed by atoms with E-state index in [2.05, 4.69) is 38.2 Å². The lowest BCUT2D eigenvalue weighted by Crippen LogP contribution is -2.25. The van der Waals surface area contributed by atoms with Crippen LogP contribution in [-0.4, -0.2) is 41.3 Å². The topological polar surface area (TPSA) is 83.8 Å². The molecule has 0 bridgehead atoms. The minimum Gasteiger partial charge on any atom is -0.463 e. The van der Waals surface area contributed by atoms with Crippen molar-refractivity contribution in [2.75, 3.05) is 13.2 Å². The largest absolute Gasteiger partial charge is 0.463 e. The van der Waals surface area contributed by atoms with Crippen LogP contribution in [0.4, 0.5) is 0 Å². The number of aliphatic hydroxyl groups excluding tert-OH is 2. The summed E-state index contributed by atoms with van der Waals surface area (Å²) in [4.78, 5) is 25.4. The minimum atomic E-state index is -1.07. The molecule has 2 unspecified atom stereocenters. The van der Waals surface area contributed by atoms with E-state index in [0.29, 0.717) is 12.8 Å². The van der Waals surface area contributed by atoms with Crippen LogP contribution in [0.25, 0.3) is 0 Å². The number of rotatable bonds is 34. The summed E-state index contributed by atoms with van der Waals surface area (Å²) in [5.74, 6) is -0.600. The van der Waals surface area contributed by atoms with E-state index in [1.807, 2.05) is 0 Å². The number of allylic oxidation sites excluding steroid dienone is 4. The van der Waals surface area contributed by atoms with Gasteiger partial charge in [-0.2, -0.15) is 0 Å². The van der Waals surface area contributed by atoms with E-state index in [0.717, 1.165) is 44.9 Å². The molecule has 2 atom stereocenters. The van der Waals surface area contributed by atoms with E-state index in [9.17, 15) is 14.7 Å². The number of carbonyl (C=O) groups is 2. The number of hydrogen-bond donors (Lipinski definition) is 2. The lowest BCUT2D eigenvalue weighted by atomic mass is 9.90. The average molecular weight is 621 g/mol. The Morgan fingerprint density at radius 1 is 0.614 bits per heavy atom. The second-order valence-electron chi connectivity index (χ2n) is 12.9. The number of ketones is 1. The summed E-state index contributed by atoms with van der Waals surface area (Å²) >= 11 is 0. The molecule has 2 N–H and O–H groups in total. The van der Waals surface area contributed by atoms with Crippen molar-refractivity contribution < 1.29 is 24.5 Å². The average Bonchev–Trinajstić information content (AvgIpc) is 3.03. The minimum absolute atomic E-state index is 0.0697. The summed E-state index contributed by atoms with van der Waals surface area (Å²) in [7, 11) is 0. The van der Waals surface area contributed by atoms with Gasteiger partial charge in [0, 0.05) is 12.3 Å². The first kappa shape index (κ1) is 42.5. The normalized spacial score (nSPS) is 13.2. The van der Waals surface area contributed by atoms with E-state index >= 15 is 0 Å². The number of unbranched alkanes of at least 4 members (excludes halogenated alkanes) is 20. The molecule has 44 heavy (non-hydrogen) atoms. The molecule has 0 saturated heterocycles. The molecule has 0 aromatic rings. The Hall–Kier alpha value is -1.46. The molecule has 0 aromatic heterocycles. The van der Waals surface area contributed by atoms with Crippen molar-refractivity contribution in [3.63, 3.8) is 0 Å². The van der Waals surface area contributed by atoms with Gasteiger partial charge < -0.3 is 14.9 Å². The Balaban J connectivity index is 4.15. The molecule has 0 radical (unpaired) electrons. The van der Waals surface area contributed by atoms with E-state index in [1.54, 1.807) is 0 Å². The van der Waals surface area contributed by atoms with E-state index in [-0.39, 0.29) is 24.7 Å². The van der Waals surface area contributed by atoms with Crippen molar-refractivity contribution >= 4 is 11.8 Å². The van der Waals surface area contributed by atoms with Crippen molar-refractivity contribution in [3.8, 4) is 0 Å². The smallest absolute Gasteiger partial charge is 0.306 e. The molecule has 5 nitrogen and oxygen atoms in total. The SMILES string of the molecule is CCCCC/C=C\C/C=C\CCCCCC(CC(=O)OCC(O)CO)C(=O)CCCCCCCCCCCCCCCCC. The molecule has 0 amide bonds. The highest BCUT2D eigenvalue weighted by Crippen LogP contribution is 2.21. The number of hydrogen-bond acceptors (Lipinski definition) is 5. The lowest BCUT2D eigenvalue weighted by Gasteiger charge is -2.16. The third-order valence-electron chi connectivity index (χ3n) is 8.55. The standard InChI is InChI=1S/C39H72O5/c1-3-5-7-9-11-13-15-17-18-20-22-24-26-28-30-32-38(42)36(33-39(43)44-35-37(41)34-40)31-29-27-25-23-21-19-16-14-12-10-8-6-4-2/h12,14,19,21,36-37,40-41H,3-11,13,15-18,20,22-35H2,1-2H3/b14-12-,21-19-. The van der Waals surface area contributed by atoms with Crippen LogP contribution in [0.1, 0.15) is 187 Å². The molecule has 0 fully saturated rings. The van der Waals surface area contributed by atoms with Crippen LogP contribution in [0.15, 0.2) is 24.3 Å². The molecule has 0 saturated carbocycles. The van der Waals surface area contributed by atoms with Gasteiger partial charge in [0.15, 0.2) is 0 Å². The van der Waals surface area contributed by atoms with Gasteiger partial charge in [-0.25, -0.2) is 0 Å². The zero-order valence-corrected chi connectivity index (χ0v) is 29.1. The highest BCUT2D eigenvalue weighted by atomic mass is 16.5. The van der Waals surface area contributed by atoms with Gasteiger partial charge in [0.25, 0.3) is 0 Å². The van der Waals surface area contributed by atoms with E-state index in [1.165, 1.54) is 109 Å². The Labute approximate surface area is 272 Å². The molecule has 0 aromatic carbocycles. The number of aliphatic hydroxyl groups is 2. The first-order valence-electron chi connectivity index (χ1n) is 18.8. The maximum absolute atomic E-state index is 13.0. The summed E-state index contributed by atoms with van der Waals surface area (Å²) in [6.45, 7) is 3.83. The van der Waals surface area contributed by atoms with Gasteiger partial charge in [-0.1, -0.05) is 154 Å². The number of ether oxygens (including phenoxy) is 1. The van der Waals surface area contributed by atoms with Crippen molar-refractivity contribution in [3.05, 3.63) is 24.3 Å². The van der Waals surface area contributed by atoms with Crippen molar-refractivity contribution in [2.45, 2.75) is 193 Å². The molecular weight excluding hydrogens is 548 g/mol. The van der Waals surface area contributed by atoms with Crippen molar-refractivity contribution in [2.24, 2.45) is 5.92 Å². The molecule has 0 aliphatic carbocycles. The predicted molar refractivity (Wildman–Crippen MR) is 187 cm³/mol. The molecule has 5 heteroatoms. The summed E-state index contributed by atoms with van der Waals surface area (Å²) < 4.78 is 5.11. The van der Waals surface area contributed by atoms with Gasteiger partial charge in [0.2, 0.25) is 0 Å². The third kappa shape index (κ3) is 30.6. The lowest BCUT2D eigenvalue weighted by molar-refractivity contribution is -0.150. The first-order valence-corrected chi connectivity index (χ1v) is 18.8. The van der Waals surface area contributed by atoms with Gasteiger partial charge in [-0.05, 0) is 44.9 Å². The Bertz CT molecular complexity index is 686. The van der Waals surface area contributed by atoms with Gasteiger partial charge in [-0.15, -0.1) is 0 Å². The zero-order valence-electron chi connectivity index (χ0n) is 29.1. The highest BCUT2D eigenvalue weighted by Gasteiger charge is 2.22. The molecule has 0 spiro atoms. The monoisotopic (exact) mass is 621 g/mol. The van der Waals surface area contributed by atoms with Crippen LogP contribution in [0, 0.1) is 5.92 Å². The predicted octanol–water partition coefficient (Wildman–Crippen LogP) is 10.8. The van der Waals surface area contributed by atoms with Crippen LogP contribution in [0.2, 0.25) is 0 Å². The van der Waals surface area contributed by atoms with Crippen LogP contribution in [0.5, 0.6) is 0 Å². The highest BCUT2D eigenvalue weighted by molar-refractivity contribution is 5.85. The molecule has 0 heterocycles. The van der Waals surface area contributed by atoms with Crippen LogP contribution < -0.4 is 0 Å². The number of esters is 1. The fourth-order valence-corrected chi connectivity index (χ4v) is 5.60. The molecular formula is C39H72O5. The summed E-state index contributed by atoms with van der Waals surface area (Å²) in [6.07, 6.45) is 38.8. The molecule has 0 aliphatic heterocycles.